The second kappa shape index (κ2) is 6.81. The van der Waals surface area contributed by atoms with Gasteiger partial charge >= 0.3 is 6.09 Å². The zero-order chi connectivity index (χ0) is 11.8. The lowest BCUT2D eigenvalue weighted by molar-refractivity contribution is -0.00414. The van der Waals surface area contributed by atoms with Crippen LogP contribution in [-0.2, 0) is 16.1 Å². The Morgan fingerprint density at radius 1 is 1.31 bits per heavy atom. The van der Waals surface area contributed by atoms with Crippen LogP contribution >= 0.6 is 0 Å². The summed E-state index contributed by atoms with van der Waals surface area (Å²) in [4.78, 5) is 10.2. The molecule has 0 radical (unpaired) electrons. The van der Waals surface area contributed by atoms with Gasteiger partial charge in [-0.2, -0.15) is 0 Å². The molecule has 0 spiro atoms. The number of hydrogen-bond acceptors (Lipinski definition) is 4. The number of primary amides is 1. The molecule has 1 aromatic rings. The molecule has 0 aliphatic rings. The highest BCUT2D eigenvalue weighted by Crippen LogP contribution is 2.01. The van der Waals surface area contributed by atoms with E-state index in [-0.39, 0.29) is 13.2 Å². The first kappa shape index (κ1) is 12.5. The molecule has 5 heteroatoms. The number of aliphatic hydroxyl groups is 1. The van der Waals surface area contributed by atoms with Crippen LogP contribution < -0.4 is 5.73 Å². The number of carbonyl (C=O) groups excluding carboxylic acids is 1. The van der Waals surface area contributed by atoms with Crippen molar-refractivity contribution in [2.75, 3.05) is 13.2 Å². The molecule has 0 heterocycles. The summed E-state index contributed by atoms with van der Waals surface area (Å²) in [5.74, 6) is 0. The molecule has 0 saturated carbocycles. The molecule has 5 nitrogen and oxygen atoms in total. The SMILES string of the molecule is NC(=O)OC[C@H](O)COCc1ccccc1. The van der Waals surface area contributed by atoms with Crippen LogP contribution in [0.4, 0.5) is 4.79 Å². The first-order valence-electron chi connectivity index (χ1n) is 4.90. The second-order valence-electron chi connectivity index (χ2n) is 3.28. The van der Waals surface area contributed by atoms with Gasteiger partial charge in [0.1, 0.15) is 12.7 Å². The minimum absolute atomic E-state index is 0.0994. The van der Waals surface area contributed by atoms with Gasteiger partial charge in [-0.3, -0.25) is 0 Å². The van der Waals surface area contributed by atoms with Gasteiger partial charge in [0.15, 0.2) is 0 Å². The lowest BCUT2D eigenvalue weighted by Crippen LogP contribution is -2.25. The Kier molecular flexibility index (Phi) is 5.31. The number of aliphatic hydroxyl groups excluding tert-OH is 1. The fourth-order valence-electron chi connectivity index (χ4n) is 1.11. The number of amides is 1. The zero-order valence-corrected chi connectivity index (χ0v) is 8.83. The molecular weight excluding hydrogens is 210 g/mol. The maximum absolute atomic E-state index is 10.2. The van der Waals surface area contributed by atoms with Crippen molar-refractivity contribution in [1.29, 1.82) is 0 Å². The highest BCUT2D eigenvalue weighted by Gasteiger charge is 2.06. The Labute approximate surface area is 93.8 Å². The minimum Gasteiger partial charge on any atom is -0.447 e. The van der Waals surface area contributed by atoms with Crippen molar-refractivity contribution < 1.29 is 19.4 Å². The summed E-state index contributed by atoms with van der Waals surface area (Å²) in [5, 5.41) is 9.32. The molecule has 0 fully saturated rings. The molecule has 0 aliphatic carbocycles. The fourth-order valence-corrected chi connectivity index (χ4v) is 1.11. The average Bonchev–Trinajstić information content (AvgIpc) is 2.28. The van der Waals surface area contributed by atoms with Gasteiger partial charge in [0.25, 0.3) is 0 Å². The highest BCUT2D eigenvalue weighted by molar-refractivity contribution is 5.64. The Morgan fingerprint density at radius 3 is 2.62 bits per heavy atom. The van der Waals surface area contributed by atoms with Gasteiger partial charge < -0.3 is 20.3 Å². The van der Waals surface area contributed by atoms with Gasteiger partial charge in [0.2, 0.25) is 0 Å². The normalized spacial score (nSPS) is 12.1. The average molecular weight is 225 g/mol. The first-order chi connectivity index (χ1) is 7.68. The first-order valence-corrected chi connectivity index (χ1v) is 4.90. The van der Waals surface area contributed by atoms with Crippen LogP contribution in [0.5, 0.6) is 0 Å². The smallest absolute Gasteiger partial charge is 0.404 e. The summed E-state index contributed by atoms with van der Waals surface area (Å²) in [6.07, 6.45) is -1.75. The third kappa shape index (κ3) is 5.33. The minimum atomic E-state index is -0.901. The lowest BCUT2D eigenvalue weighted by Gasteiger charge is -2.10. The molecule has 1 atom stereocenters. The molecule has 16 heavy (non-hydrogen) atoms. The maximum atomic E-state index is 10.2. The fraction of sp³-hybridized carbons (Fsp3) is 0.364. The molecule has 0 aromatic heterocycles. The Hall–Kier alpha value is -1.59. The molecule has 1 rings (SSSR count). The lowest BCUT2D eigenvalue weighted by atomic mass is 10.2. The predicted molar refractivity (Wildman–Crippen MR) is 57.6 cm³/mol. The van der Waals surface area contributed by atoms with Gasteiger partial charge in [0, 0.05) is 0 Å². The van der Waals surface area contributed by atoms with E-state index >= 15 is 0 Å². The Balaban J connectivity index is 2.13. The van der Waals surface area contributed by atoms with Crippen LogP contribution in [0.15, 0.2) is 30.3 Å². The van der Waals surface area contributed by atoms with Gasteiger partial charge in [-0.15, -0.1) is 0 Å². The van der Waals surface area contributed by atoms with Crippen LogP contribution in [0, 0.1) is 0 Å². The van der Waals surface area contributed by atoms with Crippen molar-refractivity contribution in [2.24, 2.45) is 5.73 Å². The number of carbonyl (C=O) groups is 1. The third-order valence-corrected chi connectivity index (χ3v) is 1.84. The van der Waals surface area contributed by atoms with E-state index in [1.807, 2.05) is 30.3 Å². The second-order valence-corrected chi connectivity index (χ2v) is 3.28. The van der Waals surface area contributed by atoms with Gasteiger partial charge in [0.05, 0.1) is 13.2 Å². The predicted octanol–water partition coefficient (Wildman–Crippen LogP) is 0.659. The molecule has 1 aromatic carbocycles. The molecule has 0 saturated heterocycles. The quantitative estimate of drug-likeness (QED) is 0.745. The summed E-state index contributed by atoms with van der Waals surface area (Å²) in [6.45, 7) is 0.362. The van der Waals surface area contributed by atoms with Crippen LogP contribution in [0.3, 0.4) is 0 Å². The van der Waals surface area contributed by atoms with Gasteiger partial charge in [-0.1, -0.05) is 30.3 Å². The zero-order valence-electron chi connectivity index (χ0n) is 8.83. The van der Waals surface area contributed by atoms with E-state index in [2.05, 4.69) is 4.74 Å². The summed E-state index contributed by atoms with van der Waals surface area (Å²) in [5.41, 5.74) is 5.77. The van der Waals surface area contributed by atoms with Gasteiger partial charge in [-0.05, 0) is 5.56 Å². The maximum Gasteiger partial charge on any atom is 0.404 e. The van der Waals surface area contributed by atoms with Crippen LogP contribution in [0.25, 0.3) is 0 Å². The molecule has 88 valence electrons. The summed E-state index contributed by atoms with van der Waals surface area (Å²) >= 11 is 0. The number of nitrogens with two attached hydrogens (primary N) is 1. The number of benzene rings is 1. The molecule has 1 amide bonds. The number of hydrogen-bond donors (Lipinski definition) is 2. The number of rotatable bonds is 6. The molecular formula is C11H15NO4. The monoisotopic (exact) mass is 225 g/mol. The van der Waals surface area contributed by atoms with E-state index in [9.17, 15) is 9.90 Å². The van der Waals surface area contributed by atoms with Crippen molar-refractivity contribution in [3.8, 4) is 0 Å². The van der Waals surface area contributed by atoms with Crippen LogP contribution in [-0.4, -0.2) is 30.5 Å². The van der Waals surface area contributed by atoms with Crippen molar-refractivity contribution in [3.05, 3.63) is 35.9 Å². The van der Waals surface area contributed by atoms with Crippen molar-refractivity contribution in [1.82, 2.24) is 0 Å². The molecule has 0 aliphatic heterocycles. The Morgan fingerprint density at radius 2 is 2.00 bits per heavy atom. The largest absolute Gasteiger partial charge is 0.447 e. The topological polar surface area (TPSA) is 81.8 Å². The van der Waals surface area contributed by atoms with Crippen LogP contribution in [0.1, 0.15) is 5.56 Å². The Bertz CT molecular complexity index is 315. The summed E-state index contributed by atoms with van der Waals surface area (Å²) < 4.78 is 9.65. The highest BCUT2D eigenvalue weighted by atomic mass is 16.6. The standard InChI is InChI=1S/C11H15NO4/c12-11(14)16-8-10(13)7-15-6-9-4-2-1-3-5-9/h1-5,10,13H,6-8H2,(H2,12,14)/t10-/m1/s1. The summed E-state index contributed by atoms with van der Waals surface area (Å²) in [7, 11) is 0. The van der Waals surface area contributed by atoms with E-state index in [1.165, 1.54) is 0 Å². The van der Waals surface area contributed by atoms with Crippen molar-refractivity contribution in [3.63, 3.8) is 0 Å². The van der Waals surface area contributed by atoms with Gasteiger partial charge in [-0.25, -0.2) is 4.79 Å². The molecule has 3 N–H and O–H groups in total. The van der Waals surface area contributed by atoms with Crippen molar-refractivity contribution in [2.45, 2.75) is 12.7 Å². The van der Waals surface area contributed by atoms with E-state index in [0.717, 1.165) is 5.56 Å². The van der Waals surface area contributed by atoms with Crippen molar-refractivity contribution >= 4 is 6.09 Å². The van der Waals surface area contributed by atoms with E-state index in [0.29, 0.717) is 6.61 Å². The van der Waals surface area contributed by atoms with E-state index < -0.39 is 12.2 Å². The number of ether oxygens (including phenoxy) is 2. The summed E-state index contributed by atoms with van der Waals surface area (Å²) in [6, 6.07) is 9.58. The third-order valence-electron chi connectivity index (χ3n) is 1.84. The molecule has 0 unspecified atom stereocenters. The molecule has 0 bridgehead atoms. The van der Waals surface area contributed by atoms with E-state index in [4.69, 9.17) is 10.5 Å². The van der Waals surface area contributed by atoms with Crippen LogP contribution in [0.2, 0.25) is 0 Å². The van der Waals surface area contributed by atoms with E-state index in [1.54, 1.807) is 0 Å².